The predicted molar refractivity (Wildman–Crippen MR) is 58.7 cm³/mol. The Morgan fingerprint density at radius 3 is 2.79 bits per heavy atom. The van der Waals surface area contributed by atoms with E-state index >= 15 is 0 Å². The summed E-state index contributed by atoms with van der Waals surface area (Å²) >= 11 is 0. The molecule has 0 amide bonds. The van der Waals surface area contributed by atoms with Crippen LogP contribution in [0.4, 0.5) is 0 Å². The highest BCUT2D eigenvalue weighted by molar-refractivity contribution is 5.49. The molecule has 0 fully saturated rings. The van der Waals surface area contributed by atoms with Crippen molar-refractivity contribution in [3.8, 4) is 0 Å². The van der Waals surface area contributed by atoms with Crippen LogP contribution in [0.5, 0.6) is 0 Å². The van der Waals surface area contributed by atoms with E-state index in [0.29, 0.717) is 0 Å². The topological polar surface area (TPSA) is 9.23 Å². The van der Waals surface area contributed by atoms with Gasteiger partial charge in [0.1, 0.15) is 6.10 Å². The third-order valence-electron chi connectivity index (χ3n) is 2.27. The van der Waals surface area contributed by atoms with Crippen LogP contribution in [0.2, 0.25) is 0 Å². The Hall–Kier alpha value is -1.50. The average Bonchev–Trinajstić information content (AvgIpc) is 2.29. The maximum Gasteiger partial charge on any atom is 0.117 e. The molecule has 0 aliphatic carbocycles. The lowest BCUT2D eigenvalue weighted by Crippen LogP contribution is -2.08. The molecule has 0 saturated heterocycles. The Morgan fingerprint density at radius 2 is 2.07 bits per heavy atom. The fourth-order valence-electron chi connectivity index (χ4n) is 1.48. The van der Waals surface area contributed by atoms with Crippen LogP contribution in [-0.2, 0) is 4.74 Å². The molecule has 1 aliphatic heterocycles. The molecular weight excluding hydrogens is 172 g/mol. The summed E-state index contributed by atoms with van der Waals surface area (Å²) in [6, 6.07) is 10.3. The molecule has 2 rings (SSSR count). The number of rotatable bonds is 2. The molecule has 1 aromatic rings. The Morgan fingerprint density at radius 1 is 1.21 bits per heavy atom. The largest absolute Gasteiger partial charge is 0.494 e. The monoisotopic (exact) mass is 186 g/mol. The Bertz CT molecular complexity index is 324. The van der Waals surface area contributed by atoms with E-state index in [1.165, 1.54) is 5.56 Å². The molecule has 1 unspecified atom stereocenters. The smallest absolute Gasteiger partial charge is 0.117 e. The molecule has 0 N–H and O–H groups in total. The highest BCUT2D eigenvalue weighted by Crippen LogP contribution is 2.12. The molecule has 72 valence electrons. The van der Waals surface area contributed by atoms with Crippen molar-refractivity contribution in [1.29, 1.82) is 0 Å². The van der Waals surface area contributed by atoms with Crippen molar-refractivity contribution in [2.24, 2.45) is 0 Å². The lowest BCUT2D eigenvalue weighted by molar-refractivity contribution is 0.166. The van der Waals surface area contributed by atoms with Crippen molar-refractivity contribution >= 4 is 6.08 Å². The van der Waals surface area contributed by atoms with Crippen molar-refractivity contribution in [3.05, 3.63) is 54.3 Å². The first kappa shape index (κ1) is 9.07. The Balaban J connectivity index is 1.97. The van der Waals surface area contributed by atoms with Crippen molar-refractivity contribution in [2.45, 2.75) is 18.9 Å². The molecule has 1 aromatic carbocycles. The van der Waals surface area contributed by atoms with E-state index in [-0.39, 0.29) is 6.10 Å². The maximum atomic E-state index is 5.43. The van der Waals surface area contributed by atoms with Gasteiger partial charge in [-0.2, -0.15) is 0 Å². The van der Waals surface area contributed by atoms with Crippen LogP contribution >= 0.6 is 0 Å². The minimum Gasteiger partial charge on any atom is -0.494 e. The molecule has 0 saturated carbocycles. The molecule has 0 spiro atoms. The van der Waals surface area contributed by atoms with Crippen molar-refractivity contribution < 1.29 is 4.74 Å². The van der Waals surface area contributed by atoms with Crippen LogP contribution in [0, 0.1) is 0 Å². The Kier molecular flexibility index (Phi) is 3.02. The summed E-state index contributed by atoms with van der Waals surface area (Å²) in [5, 5.41) is 0. The molecule has 0 aromatic heterocycles. The van der Waals surface area contributed by atoms with Crippen molar-refractivity contribution in [2.75, 3.05) is 0 Å². The molecule has 1 atom stereocenters. The van der Waals surface area contributed by atoms with Gasteiger partial charge in [0.2, 0.25) is 0 Å². The SMILES string of the molecule is C1=COC(/C=C\c2ccccc2)CC1. The van der Waals surface area contributed by atoms with E-state index in [1.54, 1.807) is 6.26 Å². The standard InChI is InChI=1S/C13H14O/c1-2-6-12(7-3-1)9-10-13-8-4-5-11-14-13/h1-3,5-7,9-11,13H,4,8H2/b10-9-. The first-order chi connectivity index (χ1) is 6.95. The van der Waals surface area contributed by atoms with Gasteiger partial charge in [0, 0.05) is 0 Å². The van der Waals surface area contributed by atoms with E-state index in [9.17, 15) is 0 Å². The van der Waals surface area contributed by atoms with Crippen molar-refractivity contribution in [1.82, 2.24) is 0 Å². The molecule has 1 aliphatic rings. The van der Waals surface area contributed by atoms with E-state index in [4.69, 9.17) is 4.74 Å². The molecule has 1 heterocycles. The second-order valence-corrected chi connectivity index (χ2v) is 3.39. The third-order valence-corrected chi connectivity index (χ3v) is 2.27. The normalized spacial score (nSPS) is 21.0. The summed E-state index contributed by atoms with van der Waals surface area (Å²) < 4.78 is 5.43. The molecule has 14 heavy (non-hydrogen) atoms. The first-order valence-electron chi connectivity index (χ1n) is 4.99. The zero-order chi connectivity index (χ0) is 9.64. The quantitative estimate of drug-likeness (QED) is 0.688. The minimum atomic E-state index is 0.250. The molecule has 0 radical (unpaired) electrons. The highest BCUT2D eigenvalue weighted by atomic mass is 16.5. The summed E-state index contributed by atoms with van der Waals surface area (Å²) in [4.78, 5) is 0. The fraction of sp³-hybridized carbons (Fsp3) is 0.231. The predicted octanol–water partition coefficient (Wildman–Crippen LogP) is 3.39. The van der Waals surface area contributed by atoms with Crippen LogP contribution in [-0.4, -0.2) is 6.10 Å². The number of hydrogen-bond donors (Lipinski definition) is 0. The minimum absolute atomic E-state index is 0.250. The second-order valence-electron chi connectivity index (χ2n) is 3.39. The van der Waals surface area contributed by atoms with Gasteiger partial charge < -0.3 is 4.74 Å². The summed E-state index contributed by atoms with van der Waals surface area (Å²) in [6.45, 7) is 0. The highest BCUT2D eigenvalue weighted by Gasteiger charge is 2.05. The van der Waals surface area contributed by atoms with Gasteiger partial charge in [0.25, 0.3) is 0 Å². The zero-order valence-corrected chi connectivity index (χ0v) is 8.10. The summed E-state index contributed by atoms with van der Waals surface area (Å²) in [7, 11) is 0. The summed E-state index contributed by atoms with van der Waals surface area (Å²) in [6.07, 6.45) is 10.5. The number of ether oxygens (including phenoxy) is 1. The number of allylic oxidation sites excluding steroid dienone is 1. The summed E-state index contributed by atoms with van der Waals surface area (Å²) in [5.41, 5.74) is 1.23. The number of hydrogen-bond acceptors (Lipinski definition) is 1. The molecule has 1 nitrogen and oxygen atoms in total. The van der Waals surface area contributed by atoms with Crippen LogP contribution < -0.4 is 0 Å². The van der Waals surface area contributed by atoms with Gasteiger partial charge in [-0.05, 0) is 30.6 Å². The van der Waals surface area contributed by atoms with Gasteiger partial charge in [-0.25, -0.2) is 0 Å². The third kappa shape index (κ3) is 2.49. The van der Waals surface area contributed by atoms with Gasteiger partial charge in [-0.1, -0.05) is 36.4 Å². The Labute approximate surface area is 84.7 Å². The van der Waals surface area contributed by atoms with Gasteiger partial charge >= 0.3 is 0 Å². The molecular formula is C13H14O. The van der Waals surface area contributed by atoms with Crippen LogP contribution in [0.1, 0.15) is 18.4 Å². The first-order valence-corrected chi connectivity index (χ1v) is 4.99. The van der Waals surface area contributed by atoms with E-state index in [1.807, 2.05) is 18.2 Å². The number of benzene rings is 1. The lowest BCUT2D eigenvalue weighted by Gasteiger charge is -2.15. The van der Waals surface area contributed by atoms with Crippen molar-refractivity contribution in [3.63, 3.8) is 0 Å². The fourth-order valence-corrected chi connectivity index (χ4v) is 1.48. The van der Waals surface area contributed by atoms with Crippen LogP contribution in [0.15, 0.2) is 48.7 Å². The summed E-state index contributed by atoms with van der Waals surface area (Å²) in [5.74, 6) is 0. The lowest BCUT2D eigenvalue weighted by atomic mass is 10.1. The van der Waals surface area contributed by atoms with Gasteiger partial charge in [-0.15, -0.1) is 0 Å². The second kappa shape index (κ2) is 4.66. The molecule has 0 bridgehead atoms. The van der Waals surface area contributed by atoms with Crippen LogP contribution in [0.25, 0.3) is 6.08 Å². The zero-order valence-electron chi connectivity index (χ0n) is 8.10. The van der Waals surface area contributed by atoms with E-state index in [2.05, 4.69) is 30.4 Å². The van der Waals surface area contributed by atoms with Crippen LogP contribution in [0.3, 0.4) is 0 Å². The van der Waals surface area contributed by atoms with Gasteiger partial charge in [-0.3, -0.25) is 0 Å². The molecule has 1 heteroatoms. The van der Waals surface area contributed by atoms with Gasteiger partial charge in [0.15, 0.2) is 0 Å². The average molecular weight is 186 g/mol. The van der Waals surface area contributed by atoms with E-state index in [0.717, 1.165) is 12.8 Å². The maximum absolute atomic E-state index is 5.43. The van der Waals surface area contributed by atoms with E-state index < -0.39 is 0 Å². The van der Waals surface area contributed by atoms with Gasteiger partial charge in [0.05, 0.1) is 6.26 Å².